The third-order valence-corrected chi connectivity index (χ3v) is 3.54. The molecule has 1 aromatic heterocycles. The van der Waals surface area contributed by atoms with Crippen LogP contribution in [0.4, 0.5) is 5.95 Å². The zero-order valence-corrected chi connectivity index (χ0v) is 10.5. The standard InChI is InChI=1S/C12H22N4/c1-9-7-15(3)12(14-9)16-8-11(6-13)5-4-10(16)2/h7,10-11H,4-6,8,13H2,1-3H3. The molecule has 0 spiro atoms. The van der Waals surface area contributed by atoms with Crippen LogP contribution in [0.3, 0.4) is 0 Å². The summed E-state index contributed by atoms with van der Waals surface area (Å²) in [6.45, 7) is 6.14. The Labute approximate surface area is 97.4 Å². The Morgan fingerprint density at radius 1 is 1.50 bits per heavy atom. The van der Waals surface area contributed by atoms with E-state index in [2.05, 4.69) is 34.6 Å². The van der Waals surface area contributed by atoms with Crippen LogP contribution in [-0.2, 0) is 7.05 Å². The maximum Gasteiger partial charge on any atom is 0.205 e. The van der Waals surface area contributed by atoms with Gasteiger partial charge in [0.25, 0.3) is 0 Å². The summed E-state index contributed by atoms with van der Waals surface area (Å²) in [6.07, 6.45) is 4.54. The van der Waals surface area contributed by atoms with Crippen molar-refractivity contribution in [2.24, 2.45) is 18.7 Å². The first-order chi connectivity index (χ1) is 7.61. The molecule has 1 fully saturated rings. The highest BCUT2D eigenvalue weighted by atomic mass is 15.3. The molecule has 1 aliphatic heterocycles. The Morgan fingerprint density at radius 3 is 2.81 bits per heavy atom. The van der Waals surface area contributed by atoms with Gasteiger partial charge >= 0.3 is 0 Å². The molecule has 4 nitrogen and oxygen atoms in total. The molecule has 2 rings (SSSR count). The van der Waals surface area contributed by atoms with Crippen LogP contribution in [0.2, 0.25) is 0 Å². The lowest BCUT2D eigenvalue weighted by Gasteiger charge is -2.38. The summed E-state index contributed by atoms with van der Waals surface area (Å²) in [7, 11) is 2.06. The molecule has 4 heteroatoms. The van der Waals surface area contributed by atoms with Crippen LogP contribution in [0.5, 0.6) is 0 Å². The average Bonchev–Trinajstić information content (AvgIpc) is 2.58. The van der Waals surface area contributed by atoms with E-state index in [0.29, 0.717) is 12.0 Å². The smallest absolute Gasteiger partial charge is 0.205 e. The first-order valence-electron chi connectivity index (χ1n) is 6.08. The highest BCUT2D eigenvalue weighted by Gasteiger charge is 2.27. The fourth-order valence-corrected chi connectivity index (χ4v) is 2.52. The SMILES string of the molecule is Cc1cn(C)c(N2CC(CN)CCC2C)n1. The summed E-state index contributed by atoms with van der Waals surface area (Å²) in [5.74, 6) is 1.70. The summed E-state index contributed by atoms with van der Waals surface area (Å²) >= 11 is 0. The first kappa shape index (κ1) is 11.5. The Hall–Kier alpha value is -1.03. The second kappa shape index (κ2) is 4.45. The van der Waals surface area contributed by atoms with Gasteiger partial charge in [-0.25, -0.2) is 4.98 Å². The van der Waals surface area contributed by atoms with Gasteiger partial charge in [-0.05, 0) is 39.2 Å². The molecule has 1 aromatic rings. The summed E-state index contributed by atoms with van der Waals surface area (Å²) in [5, 5.41) is 0. The van der Waals surface area contributed by atoms with Crippen LogP contribution in [0.15, 0.2) is 6.20 Å². The van der Waals surface area contributed by atoms with Crippen molar-refractivity contribution >= 4 is 5.95 Å². The van der Waals surface area contributed by atoms with Crippen LogP contribution >= 0.6 is 0 Å². The zero-order chi connectivity index (χ0) is 11.7. The fourth-order valence-electron chi connectivity index (χ4n) is 2.52. The van der Waals surface area contributed by atoms with E-state index in [1.807, 2.05) is 6.92 Å². The number of nitrogens with zero attached hydrogens (tertiary/aromatic N) is 3. The van der Waals surface area contributed by atoms with Gasteiger partial charge in [0, 0.05) is 25.8 Å². The number of aryl methyl sites for hydroxylation is 2. The Morgan fingerprint density at radius 2 is 2.25 bits per heavy atom. The van der Waals surface area contributed by atoms with Gasteiger partial charge in [0.1, 0.15) is 0 Å². The summed E-state index contributed by atoms with van der Waals surface area (Å²) in [5.41, 5.74) is 6.86. The first-order valence-corrected chi connectivity index (χ1v) is 6.08. The highest BCUT2D eigenvalue weighted by molar-refractivity contribution is 5.35. The molecule has 2 heterocycles. The minimum absolute atomic E-state index is 0.572. The largest absolute Gasteiger partial charge is 0.339 e. The molecule has 2 unspecified atom stereocenters. The van der Waals surface area contributed by atoms with Crippen molar-refractivity contribution in [1.82, 2.24) is 9.55 Å². The van der Waals surface area contributed by atoms with Crippen molar-refractivity contribution in [1.29, 1.82) is 0 Å². The number of piperidine rings is 1. The molecule has 1 saturated heterocycles. The van der Waals surface area contributed by atoms with Crippen molar-refractivity contribution < 1.29 is 0 Å². The second-order valence-corrected chi connectivity index (χ2v) is 4.97. The van der Waals surface area contributed by atoms with Gasteiger partial charge in [0.05, 0.1) is 5.69 Å². The molecule has 0 aliphatic carbocycles. The molecule has 2 atom stereocenters. The van der Waals surface area contributed by atoms with Gasteiger partial charge in [-0.3, -0.25) is 0 Å². The molecule has 16 heavy (non-hydrogen) atoms. The summed E-state index contributed by atoms with van der Waals surface area (Å²) in [6, 6.07) is 0.572. The number of aromatic nitrogens is 2. The van der Waals surface area contributed by atoms with E-state index in [9.17, 15) is 0 Å². The molecule has 0 saturated carbocycles. The minimum Gasteiger partial charge on any atom is -0.339 e. The Balaban J connectivity index is 2.21. The Bertz CT molecular complexity index is 358. The molecule has 2 N–H and O–H groups in total. The van der Waals surface area contributed by atoms with Gasteiger partial charge in [-0.15, -0.1) is 0 Å². The zero-order valence-electron chi connectivity index (χ0n) is 10.5. The molecule has 0 radical (unpaired) electrons. The Kier molecular flexibility index (Phi) is 3.19. The summed E-state index contributed by atoms with van der Waals surface area (Å²) < 4.78 is 2.12. The topological polar surface area (TPSA) is 47.1 Å². The second-order valence-electron chi connectivity index (χ2n) is 4.97. The molecule has 0 amide bonds. The van der Waals surface area contributed by atoms with Crippen LogP contribution in [0, 0.1) is 12.8 Å². The van der Waals surface area contributed by atoms with E-state index < -0.39 is 0 Å². The predicted molar refractivity (Wildman–Crippen MR) is 66.5 cm³/mol. The van der Waals surface area contributed by atoms with Gasteiger partial charge in [0.2, 0.25) is 5.95 Å². The molecule has 0 bridgehead atoms. The molecular formula is C12H22N4. The van der Waals surface area contributed by atoms with Crippen molar-refractivity contribution in [3.05, 3.63) is 11.9 Å². The lowest BCUT2D eigenvalue weighted by atomic mass is 9.94. The van der Waals surface area contributed by atoms with Gasteiger partial charge < -0.3 is 15.2 Å². The molecular weight excluding hydrogens is 200 g/mol. The number of nitrogens with two attached hydrogens (primary N) is 1. The number of hydrogen-bond donors (Lipinski definition) is 1. The number of anilines is 1. The third kappa shape index (κ3) is 2.07. The number of imidazole rings is 1. The normalized spacial score (nSPS) is 26.1. The molecule has 1 aliphatic rings. The lowest BCUT2D eigenvalue weighted by Crippen LogP contribution is -2.45. The maximum absolute atomic E-state index is 5.78. The molecule has 90 valence electrons. The van der Waals surface area contributed by atoms with E-state index in [1.165, 1.54) is 12.8 Å². The van der Waals surface area contributed by atoms with Crippen LogP contribution in [0.1, 0.15) is 25.5 Å². The van der Waals surface area contributed by atoms with Crippen molar-refractivity contribution in [3.63, 3.8) is 0 Å². The average molecular weight is 222 g/mol. The van der Waals surface area contributed by atoms with Gasteiger partial charge in [-0.1, -0.05) is 0 Å². The maximum atomic E-state index is 5.78. The van der Waals surface area contributed by atoms with Crippen molar-refractivity contribution in [3.8, 4) is 0 Å². The van der Waals surface area contributed by atoms with E-state index in [4.69, 9.17) is 5.73 Å². The monoisotopic (exact) mass is 222 g/mol. The lowest BCUT2D eigenvalue weighted by molar-refractivity contribution is 0.367. The number of hydrogen-bond acceptors (Lipinski definition) is 3. The van der Waals surface area contributed by atoms with Crippen molar-refractivity contribution in [2.75, 3.05) is 18.0 Å². The van der Waals surface area contributed by atoms with Crippen LogP contribution in [0.25, 0.3) is 0 Å². The van der Waals surface area contributed by atoms with E-state index >= 15 is 0 Å². The third-order valence-electron chi connectivity index (χ3n) is 3.54. The van der Waals surface area contributed by atoms with E-state index in [0.717, 1.165) is 24.7 Å². The van der Waals surface area contributed by atoms with Gasteiger partial charge in [-0.2, -0.15) is 0 Å². The van der Waals surface area contributed by atoms with Crippen molar-refractivity contribution in [2.45, 2.75) is 32.7 Å². The minimum atomic E-state index is 0.572. The van der Waals surface area contributed by atoms with Gasteiger partial charge in [0.15, 0.2) is 0 Å². The number of rotatable bonds is 2. The fraction of sp³-hybridized carbons (Fsp3) is 0.750. The predicted octanol–water partition coefficient (Wildman–Crippen LogP) is 1.29. The quantitative estimate of drug-likeness (QED) is 0.820. The van der Waals surface area contributed by atoms with E-state index in [1.54, 1.807) is 0 Å². The summed E-state index contributed by atoms with van der Waals surface area (Å²) in [4.78, 5) is 7.00. The highest BCUT2D eigenvalue weighted by Crippen LogP contribution is 2.26. The van der Waals surface area contributed by atoms with Crippen LogP contribution in [-0.4, -0.2) is 28.7 Å². The van der Waals surface area contributed by atoms with Crippen LogP contribution < -0.4 is 10.6 Å². The van der Waals surface area contributed by atoms with E-state index in [-0.39, 0.29) is 0 Å². The molecule has 0 aromatic carbocycles.